The molecular formula is C14H19ClN2O3. The van der Waals surface area contributed by atoms with Gasteiger partial charge in [-0.2, -0.15) is 0 Å². The molecule has 2 rings (SSSR count). The lowest BCUT2D eigenvalue weighted by Gasteiger charge is -2.15. The van der Waals surface area contributed by atoms with Crippen LogP contribution >= 0.6 is 11.6 Å². The van der Waals surface area contributed by atoms with E-state index in [-0.39, 0.29) is 10.6 Å². The van der Waals surface area contributed by atoms with Crippen LogP contribution in [0.4, 0.5) is 5.69 Å². The summed E-state index contributed by atoms with van der Waals surface area (Å²) in [5.74, 6) is 0. The Morgan fingerprint density at radius 3 is 2.85 bits per heavy atom. The summed E-state index contributed by atoms with van der Waals surface area (Å²) in [6, 6.07) is 4.66. The second kappa shape index (κ2) is 6.52. The molecule has 0 unspecified atom stereocenters. The number of nitro groups is 1. The van der Waals surface area contributed by atoms with Crippen LogP contribution in [0.25, 0.3) is 0 Å². The Morgan fingerprint density at radius 1 is 1.50 bits per heavy atom. The zero-order valence-corrected chi connectivity index (χ0v) is 12.3. The SMILES string of the molecule is COCCC1(CNCc2cc(Cl)ccc2[N+](=O)[O-])CC1. The molecule has 5 nitrogen and oxygen atoms in total. The third-order valence-corrected chi connectivity index (χ3v) is 4.08. The molecule has 1 N–H and O–H groups in total. The van der Waals surface area contributed by atoms with Crippen molar-refractivity contribution in [3.63, 3.8) is 0 Å². The van der Waals surface area contributed by atoms with E-state index in [1.807, 2.05) is 0 Å². The molecule has 1 aromatic carbocycles. The number of nitro benzene ring substituents is 1. The van der Waals surface area contributed by atoms with Gasteiger partial charge in [-0.15, -0.1) is 0 Å². The van der Waals surface area contributed by atoms with E-state index in [4.69, 9.17) is 16.3 Å². The Hall–Kier alpha value is -1.17. The Bertz CT molecular complexity index is 489. The van der Waals surface area contributed by atoms with E-state index in [0.717, 1.165) is 19.6 Å². The third-order valence-electron chi connectivity index (χ3n) is 3.85. The predicted octanol–water partition coefficient (Wildman–Crippen LogP) is 3.15. The minimum atomic E-state index is -0.370. The first kappa shape index (κ1) is 15.2. The molecule has 0 aliphatic heterocycles. The lowest BCUT2D eigenvalue weighted by atomic mass is 10.0. The Morgan fingerprint density at radius 2 is 2.25 bits per heavy atom. The summed E-state index contributed by atoms with van der Waals surface area (Å²) in [5, 5.41) is 14.8. The van der Waals surface area contributed by atoms with Gasteiger partial charge in [-0.05, 0) is 36.8 Å². The van der Waals surface area contributed by atoms with E-state index in [1.54, 1.807) is 19.2 Å². The molecule has 0 bridgehead atoms. The van der Waals surface area contributed by atoms with Crippen molar-refractivity contribution in [1.29, 1.82) is 0 Å². The monoisotopic (exact) mass is 298 g/mol. The molecule has 6 heteroatoms. The van der Waals surface area contributed by atoms with Crippen LogP contribution in [0.1, 0.15) is 24.8 Å². The Balaban J connectivity index is 1.91. The Labute approximate surface area is 123 Å². The summed E-state index contributed by atoms with van der Waals surface area (Å²) >= 11 is 5.90. The normalized spacial score (nSPS) is 16.1. The number of hydrogen-bond acceptors (Lipinski definition) is 4. The molecule has 1 aliphatic rings. The van der Waals surface area contributed by atoms with Gasteiger partial charge >= 0.3 is 0 Å². The van der Waals surface area contributed by atoms with Crippen LogP contribution in [0.3, 0.4) is 0 Å². The zero-order chi connectivity index (χ0) is 14.6. The largest absolute Gasteiger partial charge is 0.385 e. The molecule has 20 heavy (non-hydrogen) atoms. The fraction of sp³-hybridized carbons (Fsp3) is 0.571. The standard InChI is InChI=1S/C14H19ClN2O3/c1-20-7-6-14(4-5-14)10-16-9-11-8-12(15)2-3-13(11)17(18)19/h2-3,8,16H,4-7,9-10H2,1H3. The minimum Gasteiger partial charge on any atom is -0.385 e. The van der Waals surface area contributed by atoms with Gasteiger partial charge in [0, 0.05) is 43.5 Å². The van der Waals surface area contributed by atoms with Crippen molar-refractivity contribution in [2.24, 2.45) is 5.41 Å². The summed E-state index contributed by atoms with van der Waals surface area (Å²) in [5.41, 5.74) is 1.07. The number of rotatable bonds is 8. The summed E-state index contributed by atoms with van der Waals surface area (Å²) in [6.45, 7) is 2.09. The highest BCUT2D eigenvalue weighted by Crippen LogP contribution is 2.48. The first-order valence-electron chi connectivity index (χ1n) is 6.69. The average Bonchev–Trinajstić information content (AvgIpc) is 3.17. The molecule has 0 heterocycles. The first-order valence-corrected chi connectivity index (χ1v) is 7.07. The molecular weight excluding hydrogens is 280 g/mol. The van der Waals surface area contributed by atoms with Crippen LogP contribution in [-0.2, 0) is 11.3 Å². The van der Waals surface area contributed by atoms with Gasteiger partial charge in [0.15, 0.2) is 0 Å². The van der Waals surface area contributed by atoms with Crippen molar-refractivity contribution in [2.75, 3.05) is 20.3 Å². The highest BCUT2D eigenvalue weighted by atomic mass is 35.5. The number of benzene rings is 1. The van der Waals surface area contributed by atoms with Crippen molar-refractivity contribution in [2.45, 2.75) is 25.8 Å². The van der Waals surface area contributed by atoms with E-state index in [9.17, 15) is 10.1 Å². The lowest BCUT2D eigenvalue weighted by Crippen LogP contribution is -2.25. The van der Waals surface area contributed by atoms with Gasteiger partial charge in [-0.25, -0.2) is 0 Å². The summed E-state index contributed by atoms with van der Waals surface area (Å²) < 4.78 is 5.11. The van der Waals surface area contributed by atoms with Crippen molar-refractivity contribution in [3.05, 3.63) is 38.9 Å². The van der Waals surface area contributed by atoms with Crippen LogP contribution in [0.2, 0.25) is 5.02 Å². The van der Waals surface area contributed by atoms with Gasteiger partial charge in [0.25, 0.3) is 5.69 Å². The van der Waals surface area contributed by atoms with Crippen molar-refractivity contribution >= 4 is 17.3 Å². The van der Waals surface area contributed by atoms with Crippen LogP contribution in [0, 0.1) is 15.5 Å². The fourth-order valence-electron chi connectivity index (χ4n) is 2.35. The van der Waals surface area contributed by atoms with E-state index < -0.39 is 0 Å². The van der Waals surface area contributed by atoms with Gasteiger partial charge in [-0.1, -0.05) is 11.6 Å². The molecule has 0 spiro atoms. The van der Waals surface area contributed by atoms with Crippen LogP contribution in [-0.4, -0.2) is 25.2 Å². The molecule has 0 atom stereocenters. The second-order valence-electron chi connectivity index (χ2n) is 5.38. The van der Waals surface area contributed by atoms with E-state index >= 15 is 0 Å². The van der Waals surface area contributed by atoms with Gasteiger partial charge in [0.1, 0.15) is 0 Å². The van der Waals surface area contributed by atoms with Crippen LogP contribution in [0.5, 0.6) is 0 Å². The van der Waals surface area contributed by atoms with Crippen molar-refractivity contribution in [3.8, 4) is 0 Å². The van der Waals surface area contributed by atoms with E-state index in [0.29, 0.717) is 22.5 Å². The molecule has 1 saturated carbocycles. The molecule has 110 valence electrons. The highest BCUT2D eigenvalue weighted by molar-refractivity contribution is 6.30. The highest BCUT2D eigenvalue weighted by Gasteiger charge is 2.41. The third kappa shape index (κ3) is 3.91. The quantitative estimate of drug-likeness (QED) is 0.591. The molecule has 1 aliphatic carbocycles. The Kier molecular flexibility index (Phi) is 4.96. The van der Waals surface area contributed by atoms with Gasteiger partial charge < -0.3 is 10.1 Å². The van der Waals surface area contributed by atoms with Crippen molar-refractivity contribution in [1.82, 2.24) is 5.32 Å². The molecule has 0 aromatic heterocycles. The number of nitrogens with one attached hydrogen (secondary N) is 1. The van der Waals surface area contributed by atoms with Crippen LogP contribution < -0.4 is 5.32 Å². The summed E-state index contributed by atoms with van der Waals surface area (Å²) in [7, 11) is 1.71. The number of nitrogens with zero attached hydrogens (tertiary/aromatic N) is 1. The molecule has 0 radical (unpaired) electrons. The van der Waals surface area contributed by atoms with E-state index in [2.05, 4.69) is 5.32 Å². The average molecular weight is 299 g/mol. The van der Waals surface area contributed by atoms with E-state index in [1.165, 1.54) is 18.9 Å². The lowest BCUT2D eigenvalue weighted by molar-refractivity contribution is -0.385. The molecule has 1 aromatic rings. The van der Waals surface area contributed by atoms with Gasteiger partial charge in [-0.3, -0.25) is 10.1 Å². The molecule has 0 saturated heterocycles. The van der Waals surface area contributed by atoms with Gasteiger partial charge in [0.2, 0.25) is 0 Å². The molecule has 1 fully saturated rings. The number of ether oxygens (including phenoxy) is 1. The molecule has 0 amide bonds. The maximum Gasteiger partial charge on any atom is 0.273 e. The first-order chi connectivity index (χ1) is 9.56. The number of halogens is 1. The van der Waals surface area contributed by atoms with Crippen molar-refractivity contribution < 1.29 is 9.66 Å². The minimum absolute atomic E-state index is 0.114. The number of hydrogen-bond donors (Lipinski definition) is 1. The van der Waals surface area contributed by atoms with Gasteiger partial charge in [0.05, 0.1) is 4.92 Å². The smallest absolute Gasteiger partial charge is 0.273 e. The fourth-order valence-corrected chi connectivity index (χ4v) is 2.54. The maximum absolute atomic E-state index is 11.0. The number of methoxy groups -OCH3 is 1. The maximum atomic E-state index is 11.0. The van der Waals surface area contributed by atoms with Crippen LogP contribution in [0.15, 0.2) is 18.2 Å². The summed E-state index contributed by atoms with van der Waals surface area (Å²) in [6.07, 6.45) is 3.43. The zero-order valence-electron chi connectivity index (χ0n) is 11.5. The predicted molar refractivity (Wildman–Crippen MR) is 78.0 cm³/mol. The summed E-state index contributed by atoms with van der Waals surface area (Å²) in [4.78, 5) is 10.6. The topological polar surface area (TPSA) is 64.4 Å². The second-order valence-corrected chi connectivity index (χ2v) is 5.81.